The highest BCUT2D eigenvalue weighted by atomic mass is 32.2. The van der Waals surface area contributed by atoms with Crippen molar-refractivity contribution in [3.05, 3.63) is 35.4 Å². The lowest BCUT2D eigenvalue weighted by Crippen LogP contribution is -2.45. The van der Waals surface area contributed by atoms with Gasteiger partial charge in [-0.05, 0) is 24.1 Å². The maximum absolute atomic E-state index is 12.1. The van der Waals surface area contributed by atoms with Crippen LogP contribution in [0.25, 0.3) is 0 Å². The molecule has 19 heavy (non-hydrogen) atoms. The topological polar surface area (TPSA) is 61.4 Å². The van der Waals surface area contributed by atoms with E-state index >= 15 is 0 Å². The van der Waals surface area contributed by atoms with Crippen LogP contribution in [-0.4, -0.2) is 38.9 Å². The second-order valence-corrected chi connectivity index (χ2v) is 6.36. The van der Waals surface area contributed by atoms with E-state index in [0.717, 1.165) is 18.5 Å². The van der Waals surface area contributed by atoms with Gasteiger partial charge >= 0.3 is 0 Å². The Morgan fingerprint density at radius 1 is 1.21 bits per heavy atom. The molecule has 0 amide bonds. The normalized spacial score (nSPS) is 16.3. The first-order valence-electron chi connectivity index (χ1n) is 6.65. The molecule has 0 saturated heterocycles. The molecular weight excluding hydrogens is 262 g/mol. The van der Waals surface area contributed by atoms with Crippen LogP contribution in [0.2, 0.25) is 0 Å². The molecule has 106 valence electrons. The zero-order valence-corrected chi connectivity index (χ0v) is 12.0. The van der Waals surface area contributed by atoms with E-state index in [-0.39, 0.29) is 0 Å². The predicted octanol–water partition coefficient (Wildman–Crippen LogP) is 0.489. The molecule has 1 aliphatic rings. The third-order valence-electron chi connectivity index (χ3n) is 3.27. The molecule has 0 bridgehead atoms. The average molecular weight is 283 g/mol. The summed E-state index contributed by atoms with van der Waals surface area (Å²) >= 11 is 0. The van der Waals surface area contributed by atoms with Crippen molar-refractivity contribution in [2.24, 2.45) is 0 Å². The molecule has 1 aromatic rings. The quantitative estimate of drug-likeness (QED) is 0.747. The Hall–Kier alpha value is -0.950. The number of likely N-dealkylation sites (N-methyl/N-ethyl adjacent to an activating group) is 1. The molecule has 0 aliphatic carbocycles. The van der Waals surface area contributed by atoms with Crippen LogP contribution in [0.15, 0.2) is 24.3 Å². The maximum Gasteiger partial charge on any atom is 0.279 e. The first-order chi connectivity index (χ1) is 9.13. The fourth-order valence-corrected chi connectivity index (χ4v) is 3.39. The number of fused-ring (bicyclic) bond motifs is 1. The SMILES string of the molecule is CCNCCNS(=O)(=O)N1CCc2ccccc2C1. The summed E-state index contributed by atoms with van der Waals surface area (Å²) in [6.45, 7) is 4.93. The van der Waals surface area contributed by atoms with E-state index in [2.05, 4.69) is 16.1 Å². The fraction of sp³-hybridized carbons (Fsp3) is 0.538. The van der Waals surface area contributed by atoms with Crippen LogP contribution < -0.4 is 10.0 Å². The summed E-state index contributed by atoms with van der Waals surface area (Å²) in [5.41, 5.74) is 2.35. The Morgan fingerprint density at radius 3 is 2.68 bits per heavy atom. The van der Waals surface area contributed by atoms with Crippen molar-refractivity contribution in [1.29, 1.82) is 0 Å². The van der Waals surface area contributed by atoms with Gasteiger partial charge in [0, 0.05) is 26.2 Å². The third kappa shape index (κ3) is 3.76. The Morgan fingerprint density at radius 2 is 1.95 bits per heavy atom. The van der Waals surface area contributed by atoms with E-state index in [1.54, 1.807) is 0 Å². The van der Waals surface area contributed by atoms with Gasteiger partial charge in [0.2, 0.25) is 0 Å². The van der Waals surface area contributed by atoms with Crippen LogP contribution in [0.5, 0.6) is 0 Å². The summed E-state index contributed by atoms with van der Waals surface area (Å²) in [5, 5.41) is 3.09. The molecule has 0 atom stereocenters. The summed E-state index contributed by atoms with van der Waals surface area (Å²) in [6.07, 6.45) is 0.782. The monoisotopic (exact) mass is 283 g/mol. The summed E-state index contributed by atoms with van der Waals surface area (Å²) in [4.78, 5) is 0. The minimum Gasteiger partial charge on any atom is -0.316 e. The van der Waals surface area contributed by atoms with Gasteiger partial charge in [-0.1, -0.05) is 31.2 Å². The Balaban J connectivity index is 1.96. The van der Waals surface area contributed by atoms with Gasteiger partial charge in [0.25, 0.3) is 10.2 Å². The fourth-order valence-electron chi connectivity index (χ4n) is 2.21. The molecule has 0 fully saturated rings. The molecule has 0 spiro atoms. The number of hydrogen-bond donors (Lipinski definition) is 2. The summed E-state index contributed by atoms with van der Waals surface area (Å²) in [6, 6.07) is 8.01. The number of benzene rings is 1. The first kappa shape index (κ1) is 14.5. The second kappa shape index (κ2) is 6.47. The molecule has 0 saturated carbocycles. The van der Waals surface area contributed by atoms with Crippen molar-refractivity contribution in [3.63, 3.8) is 0 Å². The highest BCUT2D eigenvalue weighted by Crippen LogP contribution is 2.19. The van der Waals surface area contributed by atoms with Crippen LogP contribution in [0, 0.1) is 0 Å². The van der Waals surface area contributed by atoms with Gasteiger partial charge in [-0.2, -0.15) is 12.7 Å². The minimum absolute atomic E-state index is 0.425. The smallest absolute Gasteiger partial charge is 0.279 e. The molecule has 0 unspecified atom stereocenters. The Labute approximate surface area is 115 Å². The van der Waals surface area contributed by atoms with Gasteiger partial charge in [-0.15, -0.1) is 0 Å². The van der Waals surface area contributed by atoms with Crippen molar-refractivity contribution in [1.82, 2.24) is 14.3 Å². The standard InChI is InChI=1S/C13H21N3O2S/c1-2-14-8-9-15-19(17,18)16-10-7-12-5-3-4-6-13(12)11-16/h3-6,14-15H,2,7-11H2,1H3. The molecule has 1 aromatic carbocycles. The van der Waals surface area contributed by atoms with Gasteiger partial charge in [-0.25, -0.2) is 4.72 Å². The van der Waals surface area contributed by atoms with Gasteiger partial charge in [0.15, 0.2) is 0 Å². The van der Waals surface area contributed by atoms with Crippen molar-refractivity contribution >= 4 is 10.2 Å². The van der Waals surface area contributed by atoms with Gasteiger partial charge in [0.1, 0.15) is 0 Å². The van der Waals surface area contributed by atoms with E-state index in [1.807, 2.05) is 25.1 Å². The highest BCUT2D eigenvalue weighted by molar-refractivity contribution is 7.87. The average Bonchev–Trinajstić information content (AvgIpc) is 2.43. The highest BCUT2D eigenvalue weighted by Gasteiger charge is 2.25. The van der Waals surface area contributed by atoms with Crippen LogP contribution in [0.4, 0.5) is 0 Å². The van der Waals surface area contributed by atoms with E-state index in [0.29, 0.717) is 26.2 Å². The van der Waals surface area contributed by atoms with Crippen molar-refractivity contribution in [2.45, 2.75) is 19.9 Å². The molecular formula is C13H21N3O2S. The number of hydrogen-bond acceptors (Lipinski definition) is 3. The van der Waals surface area contributed by atoms with E-state index in [1.165, 1.54) is 9.87 Å². The predicted molar refractivity (Wildman–Crippen MR) is 76.0 cm³/mol. The lowest BCUT2D eigenvalue weighted by molar-refractivity contribution is 0.384. The van der Waals surface area contributed by atoms with Crippen molar-refractivity contribution < 1.29 is 8.42 Å². The largest absolute Gasteiger partial charge is 0.316 e. The number of nitrogens with one attached hydrogen (secondary N) is 2. The Kier molecular flexibility index (Phi) is 4.93. The molecule has 0 aromatic heterocycles. The van der Waals surface area contributed by atoms with Crippen molar-refractivity contribution in [3.8, 4) is 0 Å². The second-order valence-electron chi connectivity index (χ2n) is 4.61. The first-order valence-corrected chi connectivity index (χ1v) is 8.09. The zero-order valence-electron chi connectivity index (χ0n) is 11.2. The molecule has 2 N–H and O–H groups in total. The minimum atomic E-state index is -3.36. The van der Waals surface area contributed by atoms with Crippen LogP contribution in [0.1, 0.15) is 18.1 Å². The number of nitrogens with zero attached hydrogens (tertiary/aromatic N) is 1. The van der Waals surface area contributed by atoms with Crippen LogP contribution in [-0.2, 0) is 23.2 Å². The van der Waals surface area contributed by atoms with Gasteiger partial charge < -0.3 is 5.32 Å². The molecule has 5 nitrogen and oxygen atoms in total. The molecule has 1 heterocycles. The van der Waals surface area contributed by atoms with Gasteiger partial charge in [-0.3, -0.25) is 0 Å². The summed E-state index contributed by atoms with van der Waals surface area (Å²) < 4.78 is 28.4. The van der Waals surface area contributed by atoms with Crippen LogP contribution >= 0.6 is 0 Å². The summed E-state index contributed by atoms with van der Waals surface area (Å²) in [5.74, 6) is 0. The molecule has 1 aliphatic heterocycles. The molecule has 6 heteroatoms. The number of rotatable bonds is 6. The Bertz CT molecular complexity index is 516. The lowest BCUT2D eigenvalue weighted by Gasteiger charge is -2.28. The molecule has 2 rings (SSSR count). The van der Waals surface area contributed by atoms with Crippen molar-refractivity contribution in [2.75, 3.05) is 26.2 Å². The third-order valence-corrected chi connectivity index (χ3v) is 4.83. The van der Waals surface area contributed by atoms with Crippen LogP contribution in [0.3, 0.4) is 0 Å². The molecule has 0 radical (unpaired) electrons. The van der Waals surface area contributed by atoms with E-state index in [9.17, 15) is 8.42 Å². The lowest BCUT2D eigenvalue weighted by atomic mass is 10.0. The summed E-state index contributed by atoms with van der Waals surface area (Å²) in [7, 11) is -3.36. The zero-order chi connectivity index (χ0) is 13.7. The van der Waals surface area contributed by atoms with E-state index in [4.69, 9.17) is 0 Å². The maximum atomic E-state index is 12.1. The van der Waals surface area contributed by atoms with Gasteiger partial charge in [0.05, 0.1) is 0 Å². The van der Waals surface area contributed by atoms with E-state index < -0.39 is 10.2 Å².